The highest BCUT2D eigenvalue weighted by Crippen LogP contribution is 2.31. The Balaban J connectivity index is 4.37. The standard InChI is InChI=1S/C11H22O2/c1-6-7-8-9(12)11(5,13)10(2,3)4/h13H,6-8H2,1-5H3. The van der Waals surface area contributed by atoms with Crippen LogP contribution in [0.4, 0.5) is 0 Å². The summed E-state index contributed by atoms with van der Waals surface area (Å²) in [5.41, 5.74) is -1.57. The quantitative estimate of drug-likeness (QED) is 0.732. The third-order valence-electron chi connectivity index (χ3n) is 2.76. The Bertz CT molecular complexity index is 175. The number of carbonyl (C=O) groups excluding carboxylic acids is 1. The van der Waals surface area contributed by atoms with Crippen molar-refractivity contribution in [1.29, 1.82) is 0 Å². The highest BCUT2D eigenvalue weighted by Gasteiger charge is 2.41. The molecule has 0 bridgehead atoms. The summed E-state index contributed by atoms with van der Waals surface area (Å²) in [6.07, 6.45) is 2.35. The Hall–Kier alpha value is -0.370. The number of aliphatic hydroxyl groups is 1. The summed E-state index contributed by atoms with van der Waals surface area (Å²) in [4.78, 5) is 11.6. The van der Waals surface area contributed by atoms with E-state index < -0.39 is 5.60 Å². The fraction of sp³-hybridized carbons (Fsp3) is 0.909. The number of ketones is 1. The molecule has 1 N–H and O–H groups in total. The molecule has 13 heavy (non-hydrogen) atoms. The molecule has 2 nitrogen and oxygen atoms in total. The average molecular weight is 186 g/mol. The molecule has 1 unspecified atom stereocenters. The molecular weight excluding hydrogens is 164 g/mol. The van der Waals surface area contributed by atoms with Crippen molar-refractivity contribution >= 4 is 5.78 Å². The molecule has 0 aliphatic carbocycles. The van der Waals surface area contributed by atoms with Crippen LogP contribution in [-0.2, 0) is 4.79 Å². The average Bonchev–Trinajstić information content (AvgIpc) is 1.97. The largest absolute Gasteiger partial charge is 0.382 e. The summed E-state index contributed by atoms with van der Waals surface area (Å²) in [7, 11) is 0. The van der Waals surface area contributed by atoms with Crippen molar-refractivity contribution in [3.63, 3.8) is 0 Å². The number of carbonyl (C=O) groups is 1. The SMILES string of the molecule is CCCCC(=O)C(C)(O)C(C)(C)C. The van der Waals surface area contributed by atoms with Gasteiger partial charge in [0.25, 0.3) is 0 Å². The van der Waals surface area contributed by atoms with E-state index in [9.17, 15) is 9.90 Å². The van der Waals surface area contributed by atoms with Gasteiger partial charge in [-0.2, -0.15) is 0 Å². The molecule has 0 aliphatic rings. The molecule has 1 atom stereocenters. The van der Waals surface area contributed by atoms with E-state index in [0.29, 0.717) is 6.42 Å². The first-order valence-corrected chi connectivity index (χ1v) is 4.99. The third kappa shape index (κ3) is 3.11. The second-order valence-corrected chi connectivity index (χ2v) is 4.85. The van der Waals surface area contributed by atoms with Crippen molar-refractivity contribution in [1.82, 2.24) is 0 Å². The fourth-order valence-corrected chi connectivity index (χ4v) is 0.999. The van der Waals surface area contributed by atoms with E-state index in [0.717, 1.165) is 12.8 Å². The summed E-state index contributed by atoms with van der Waals surface area (Å²) < 4.78 is 0. The Morgan fingerprint density at radius 1 is 1.23 bits per heavy atom. The normalized spacial score (nSPS) is 16.8. The summed E-state index contributed by atoms with van der Waals surface area (Å²) in [5, 5.41) is 10.00. The van der Waals surface area contributed by atoms with Crippen LogP contribution in [0, 0.1) is 5.41 Å². The van der Waals surface area contributed by atoms with Crippen molar-refractivity contribution < 1.29 is 9.90 Å². The van der Waals surface area contributed by atoms with Crippen molar-refractivity contribution in [2.75, 3.05) is 0 Å². The van der Waals surface area contributed by atoms with Crippen molar-refractivity contribution in [3.05, 3.63) is 0 Å². The molecule has 0 rings (SSSR count). The van der Waals surface area contributed by atoms with Crippen LogP contribution in [0.1, 0.15) is 53.9 Å². The lowest BCUT2D eigenvalue weighted by molar-refractivity contribution is -0.146. The highest BCUT2D eigenvalue weighted by atomic mass is 16.3. The van der Waals surface area contributed by atoms with Gasteiger partial charge in [-0.25, -0.2) is 0 Å². The van der Waals surface area contributed by atoms with Crippen LogP contribution in [0.3, 0.4) is 0 Å². The van der Waals surface area contributed by atoms with Gasteiger partial charge in [0, 0.05) is 6.42 Å². The number of hydrogen-bond donors (Lipinski definition) is 1. The molecule has 0 heterocycles. The molecule has 0 aromatic rings. The van der Waals surface area contributed by atoms with Crippen molar-refractivity contribution in [2.24, 2.45) is 5.41 Å². The minimum atomic E-state index is -1.19. The van der Waals surface area contributed by atoms with Gasteiger partial charge in [0.2, 0.25) is 0 Å². The molecule has 0 fully saturated rings. The Morgan fingerprint density at radius 3 is 2.00 bits per heavy atom. The zero-order valence-electron chi connectivity index (χ0n) is 9.48. The van der Waals surface area contributed by atoms with Gasteiger partial charge >= 0.3 is 0 Å². The van der Waals surface area contributed by atoms with E-state index in [1.165, 1.54) is 0 Å². The van der Waals surface area contributed by atoms with Crippen molar-refractivity contribution in [2.45, 2.75) is 59.5 Å². The monoisotopic (exact) mass is 186 g/mol. The zero-order chi connectivity index (χ0) is 10.7. The summed E-state index contributed by atoms with van der Waals surface area (Å²) in [6, 6.07) is 0. The van der Waals surface area contributed by atoms with Crippen LogP contribution in [-0.4, -0.2) is 16.5 Å². The molecule has 2 heteroatoms. The molecular formula is C11H22O2. The van der Waals surface area contributed by atoms with Crippen molar-refractivity contribution in [3.8, 4) is 0 Å². The molecule has 0 aliphatic heterocycles. The first kappa shape index (κ1) is 12.6. The van der Waals surface area contributed by atoms with Gasteiger partial charge in [0.1, 0.15) is 5.60 Å². The lowest BCUT2D eigenvalue weighted by Crippen LogP contribution is -2.47. The van der Waals surface area contributed by atoms with Gasteiger partial charge in [-0.15, -0.1) is 0 Å². The maximum absolute atomic E-state index is 11.6. The first-order chi connectivity index (χ1) is 5.73. The van der Waals surface area contributed by atoms with Gasteiger partial charge in [-0.3, -0.25) is 4.79 Å². The Labute approximate surface area is 81.3 Å². The maximum Gasteiger partial charge on any atom is 0.164 e. The van der Waals surface area contributed by atoms with Crippen LogP contribution < -0.4 is 0 Å². The third-order valence-corrected chi connectivity index (χ3v) is 2.76. The second-order valence-electron chi connectivity index (χ2n) is 4.85. The number of unbranched alkanes of at least 4 members (excludes halogenated alkanes) is 1. The van der Waals surface area contributed by atoms with E-state index in [2.05, 4.69) is 0 Å². The van der Waals surface area contributed by atoms with E-state index in [-0.39, 0.29) is 11.2 Å². The molecule has 0 aromatic carbocycles. The van der Waals surface area contributed by atoms with E-state index >= 15 is 0 Å². The number of Topliss-reactive ketones (excluding diaryl/α,β-unsaturated/α-hetero) is 1. The predicted molar refractivity (Wildman–Crippen MR) is 54.6 cm³/mol. The minimum Gasteiger partial charge on any atom is -0.382 e. The Kier molecular flexibility index (Phi) is 4.11. The van der Waals surface area contributed by atoms with Gasteiger partial charge in [0.15, 0.2) is 5.78 Å². The molecule has 0 amide bonds. The van der Waals surface area contributed by atoms with Gasteiger partial charge in [-0.05, 0) is 18.8 Å². The first-order valence-electron chi connectivity index (χ1n) is 4.99. The molecule has 0 radical (unpaired) electrons. The Morgan fingerprint density at radius 2 is 1.69 bits per heavy atom. The van der Waals surface area contributed by atoms with Crippen LogP contribution in [0.25, 0.3) is 0 Å². The molecule has 0 saturated heterocycles. The summed E-state index contributed by atoms with van der Waals surface area (Å²) in [5.74, 6) is -0.0400. The van der Waals surface area contributed by atoms with Crippen LogP contribution in [0.15, 0.2) is 0 Å². The lowest BCUT2D eigenvalue weighted by atomic mass is 9.74. The van der Waals surface area contributed by atoms with Gasteiger partial charge in [-0.1, -0.05) is 34.1 Å². The predicted octanol–water partition coefficient (Wildman–Crippen LogP) is 2.54. The maximum atomic E-state index is 11.6. The number of hydrogen-bond acceptors (Lipinski definition) is 2. The van der Waals surface area contributed by atoms with E-state index in [1.807, 2.05) is 27.7 Å². The van der Waals surface area contributed by atoms with Gasteiger partial charge in [0.05, 0.1) is 0 Å². The van der Waals surface area contributed by atoms with E-state index in [1.54, 1.807) is 6.92 Å². The molecule has 0 spiro atoms. The van der Waals surface area contributed by atoms with Crippen LogP contribution >= 0.6 is 0 Å². The fourth-order valence-electron chi connectivity index (χ4n) is 0.999. The van der Waals surface area contributed by atoms with Crippen LogP contribution in [0.5, 0.6) is 0 Å². The van der Waals surface area contributed by atoms with E-state index in [4.69, 9.17) is 0 Å². The topological polar surface area (TPSA) is 37.3 Å². The highest BCUT2D eigenvalue weighted by molar-refractivity contribution is 5.87. The molecule has 0 saturated carbocycles. The smallest absolute Gasteiger partial charge is 0.164 e. The molecule has 0 aromatic heterocycles. The molecule has 78 valence electrons. The number of rotatable bonds is 4. The summed E-state index contributed by atoms with van der Waals surface area (Å²) >= 11 is 0. The second kappa shape index (κ2) is 4.23. The van der Waals surface area contributed by atoms with Gasteiger partial charge < -0.3 is 5.11 Å². The summed E-state index contributed by atoms with van der Waals surface area (Å²) in [6.45, 7) is 9.31. The minimum absolute atomic E-state index is 0.0400. The zero-order valence-corrected chi connectivity index (χ0v) is 9.48. The van der Waals surface area contributed by atoms with Crippen LogP contribution in [0.2, 0.25) is 0 Å². The lowest BCUT2D eigenvalue weighted by Gasteiger charge is -2.35.